The average Bonchev–Trinajstić information content (AvgIpc) is 3.22. The molecule has 0 aliphatic heterocycles. The van der Waals surface area contributed by atoms with Crippen molar-refractivity contribution in [1.82, 2.24) is 9.88 Å². The summed E-state index contributed by atoms with van der Waals surface area (Å²) in [6.07, 6.45) is 2.37. The molecule has 0 aliphatic carbocycles. The van der Waals surface area contributed by atoms with E-state index in [0.717, 1.165) is 33.3 Å². The van der Waals surface area contributed by atoms with Gasteiger partial charge in [0.15, 0.2) is 0 Å². The predicted octanol–water partition coefficient (Wildman–Crippen LogP) is 5.12. The Morgan fingerprint density at radius 1 is 1.00 bits per heavy atom. The van der Waals surface area contributed by atoms with Gasteiger partial charge < -0.3 is 19.4 Å². The molecule has 1 heterocycles. The number of halogens is 1. The van der Waals surface area contributed by atoms with Crippen LogP contribution in [-0.4, -0.2) is 37.8 Å². The summed E-state index contributed by atoms with van der Waals surface area (Å²) in [5.41, 5.74) is 4.16. The second kappa shape index (κ2) is 11.0. The third kappa shape index (κ3) is 5.46. The number of methoxy groups -OCH3 is 2. The first-order valence-electron chi connectivity index (χ1n) is 11.3. The highest BCUT2D eigenvalue weighted by atomic mass is 19.1. The smallest absolute Gasteiger partial charge is 0.221 e. The maximum absolute atomic E-state index is 13.7. The Kier molecular flexibility index (Phi) is 7.60. The first kappa shape index (κ1) is 23.5. The van der Waals surface area contributed by atoms with E-state index in [9.17, 15) is 9.18 Å². The number of rotatable bonds is 10. The van der Waals surface area contributed by atoms with E-state index in [-0.39, 0.29) is 24.1 Å². The van der Waals surface area contributed by atoms with Crippen LogP contribution in [0.25, 0.3) is 10.9 Å². The van der Waals surface area contributed by atoms with Gasteiger partial charge in [0.2, 0.25) is 5.91 Å². The fourth-order valence-corrected chi connectivity index (χ4v) is 4.26. The number of carbonyl (C=O) groups is 1. The van der Waals surface area contributed by atoms with Crippen LogP contribution in [0.15, 0.2) is 79.0 Å². The fraction of sp³-hybridized carbons (Fsp3) is 0.250. The Hall–Kier alpha value is -3.64. The van der Waals surface area contributed by atoms with Crippen molar-refractivity contribution in [3.63, 3.8) is 0 Å². The molecule has 0 bridgehead atoms. The highest BCUT2D eigenvalue weighted by Gasteiger charge is 2.23. The van der Waals surface area contributed by atoms with Crippen LogP contribution in [0, 0.1) is 5.82 Å². The molecule has 0 unspecified atom stereocenters. The van der Waals surface area contributed by atoms with Crippen LogP contribution in [0.4, 0.5) is 4.39 Å². The average molecular weight is 461 g/mol. The van der Waals surface area contributed by atoms with E-state index in [1.54, 1.807) is 26.4 Å². The lowest BCUT2D eigenvalue weighted by molar-refractivity contribution is -0.121. The highest BCUT2D eigenvalue weighted by molar-refractivity contribution is 5.86. The number of para-hydroxylation sites is 1. The van der Waals surface area contributed by atoms with E-state index in [1.807, 2.05) is 36.4 Å². The van der Waals surface area contributed by atoms with Crippen molar-refractivity contribution in [2.24, 2.45) is 0 Å². The second-order valence-corrected chi connectivity index (χ2v) is 8.23. The van der Waals surface area contributed by atoms with E-state index in [0.29, 0.717) is 19.7 Å². The molecule has 6 heteroatoms. The number of carbonyl (C=O) groups excluding carboxylic acids is 1. The molecule has 0 aliphatic rings. The maximum atomic E-state index is 13.7. The van der Waals surface area contributed by atoms with Gasteiger partial charge in [-0.1, -0.05) is 42.5 Å². The van der Waals surface area contributed by atoms with Crippen molar-refractivity contribution >= 4 is 16.8 Å². The molecule has 0 saturated carbocycles. The predicted molar refractivity (Wildman–Crippen MR) is 132 cm³/mol. The lowest BCUT2D eigenvalue weighted by Crippen LogP contribution is -2.28. The van der Waals surface area contributed by atoms with Gasteiger partial charge in [-0.3, -0.25) is 4.79 Å². The quantitative estimate of drug-likeness (QED) is 0.334. The van der Waals surface area contributed by atoms with Gasteiger partial charge in [-0.05, 0) is 47.0 Å². The normalized spacial score (nSPS) is 12.0. The van der Waals surface area contributed by atoms with E-state index in [4.69, 9.17) is 9.47 Å². The Morgan fingerprint density at radius 2 is 1.74 bits per heavy atom. The summed E-state index contributed by atoms with van der Waals surface area (Å²) in [5.74, 6) is 0.232. The minimum atomic E-state index is -0.297. The third-order valence-corrected chi connectivity index (χ3v) is 6.00. The molecule has 0 radical (unpaired) electrons. The van der Waals surface area contributed by atoms with E-state index < -0.39 is 0 Å². The zero-order chi connectivity index (χ0) is 23.9. The standard InChI is InChI=1S/C28H29FN2O3/c1-33-16-15-30-28(32)17-25(21-9-11-22(29)12-10-21)26-19-31(27-6-4-3-5-24(26)27)18-20-7-13-23(34-2)14-8-20/h3-14,19,25H,15-18H2,1-2H3,(H,30,32)/t25-/m0/s1. The molecule has 1 N–H and O–H groups in total. The number of amides is 1. The van der Waals surface area contributed by atoms with Crippen LogP contribution < -0.4 is 10.1 Å². The molecular weight excluding hydrogens is 431 g/mol. The SMILES string of the molecule is COCCNC(=O)C[C@@H](c1ccc(F)cc1)c1cn(Cc2ccc(OC)cc2)c2ccccc12. The number of ether oxygens (including phenoxy) is 2. The number of hydrogen-bond donors (Lipinski definition) is 1. The molecule has 176 valence electrons. The van der Waals surface area contributed by atoms with Gasteiger partial charge in [-0.2, -0.15) is 0 Å². The first-order valence-corrected chi connectivity index (χ1v) is 11.3. The van der Waals surface area contributed by atoms with Crippen molar-refractivity contribution in [3.8, 4) is 5.75 Å². The fourth-order valence-electron chi connectivity index (χ4n) is 4.26. The molecule has 1 atom stereocenters. The van der Waals surface area contributed by atoms with Crippen molar-refractivity contribution in [3.05, 3.63) is 102 Å². The van der Waals surface area contributed by atoms with Crippen LogP contribution in [0.1, 0.15) is 29.0 Å². The molecular formula is C28H29FN2O3. The third-order valence-electron chi connectivity index (χ3n) is 6.00. The minimum Gasteiger partial charge on any atom is -0.497 e. The number of hydrogen-bond acceptors (Lipinski definition) is 3. The van der Waals surface area contributed by atoms with Crippen LogP contribution in [-0.2, 0) is 16.1 Å². The summed E-state index contributed by atoms with van der Waals surface area (Å²) in [7, 11) is 3.26. The molecule has 0 saturated heterocycles. The monoisotopic (exact) mass is 460 g/mol. The van der Waals surface area contributed by atoms with Crippen LogP contribution in [0.5, 0.6) is 5.75 Å². The van der Waals surface area contributed by atoms with Crippen molar-refractivity contribution in [1.29, 1.82) is 0 Å². The second-order valence-electron chi connectivity index (χ2n) is 8.23. The van der Waals surface area contributed by atoms with Gasteiger partial charge in [0.25, 0.3) is 0 Å². The van der Waals surface area contributed by atoms with Gasteiger partial charge in [0.05, 0.1) is 13.7 Å². The molecule has 1 amide bonds. The topological polar surface area (TPSA) is 52.5 Å². The molecule has 3 aromatic carbocycles. The summed E-state index contributed by atoms with van der Waals surface area (Å²) in [5, 5.41) is 3.99. The summed E-state index contributed by atoms with van der Waals surface area (Å²) >= 11 is 0. The van der Waals surface area contributed by atoms with E-state index in [2.05, 4.69) is 28.2 Å². The molecule has 0 fully saturated rings. The Labute approximate surface area is 199 Å². The van der Waals surface area contributed by atoms with E-state index >= 15 is 0 Å². The number of aromatic nitrogens is 1. The van der Waals surface area contributed by atoms with Gasteiger partial charge in [-0.25, -0.2) is 4.39 Å². The number of fused-ring (bicyclic) bond motifs is 1. The molecule has 4 aromatic rings. The Morgan fingerprint density at radius 3 is 2.44 bits per heavy atom. The van der Waals surface area contributed by atoms with Gasteiger partial charge in [0, 0.05) is 49.6 Å². The first-order chi connectivity index (χ1) is 16.6. The van der Waals surface area contributed by atoms with Crippen molar-refractivity contribution in [2.45, 2.75) is 18.9 Å². The number of nitrogens with one attached hydrogen (secondary N) is 1. The highest BCUT2D eigenvalue weighted by Crippen LogP contribution is 2.35. The van der Waals surface area contributed by atoms with E-state index in [1.165, 1.54) is 12.1 Å². The summed E-state index contributed by atoms with van der Waals surface area (Å²) in [6.45, 7) is 1.58. The summed E-state index contributed by atoms with van der Waals surface area (Å²) < 4.78 is 26.2. The van der Waals surface area contributed by atoms with Crippen molar-refractivity contribution in [2.75, 3.05) is 27.4 Å². The van der Waals surface area contributed by atoms with Gasteiger partial charge >= 0.3 is 0 Å². The summed E-state index contributed by atoms with van der Waals surface area (Å²) in [4.78, 5) is 12.8. The zero-order valence-corrected chi connectivity index (χ0v) is 19.5. The van der Waals surface area contributed by atoms with Crippen LogP contribution >= 0.6 is 0 Å². The minimum absolute atomic E-state index is 0.0710. The number of nitrogens with zero attached hydrogens (tertiary/aromatic N) is 1. The van der Waals surface area contributed by atoms with Crippen LogP contribution in [0.3, 0.4) is 0 Å². The zero-order valence-electron chi connectivity index (χ0n) is 19.5. The summed E-state index contributed by atoms with van der Waals surface area (Å²) in [6, 6.07) is 22.6. The molecule has 1 aromatic heterocycles. The largest absolute Gasteiger partial charge is 0.497 e. The van der Waals surface area contributed by atoms with Crippen LogP contribution in [0.2, 0.25) is 0 Å². The lowest BCUT2D eigenvalue weighted by atomic mass is 9.88. The lowest BCUT2D eigenvalue weighted by Gasteiger charge is -2.17. The van der Waals surface area contributed by atoms with Gasteiger partial charge in [0.1, 0.15) is 11.6 Å². The molecule has 5 nitrogen and oxygen atoms in total. The molecule has 0 spiro atoms. The maximum Gasteiger partial charge on any atom is 0.221 e. The number of benzene rings is 3. The molecule has 34 heavy (non-hydrogen) atoms. The van der Waals surface area contributed by atoms with Gasteiger partial charge in [-0.15, -0.1) is 0 Å². The van der Waals surface area contributed by atoms with Crippen molar-refractivity contribution < 1.29 is 18.7 Å². The Balaban J connectivity index is 1.71. The Bertz CT molecular complexity index is 1230. The molecule has 4 rings (SSSR count).